The molecule has 4 aromatic rings. The van der Waals surface area contributed by atoms with Gasteiger partial charge in [-0.25, -0.2) is 0 Å². The number of hydrogen-bond donors (Lipinski definition) is 0. The molecule has 0 saturated heterocycles. The van der Waals surface area contributed by atoms with Gasteiger partial charge in [0.25, 0.3) is 0 Å². The molecule has 6 nitrogen and oxygen atoms in total. The molecule has 0 spiro atoms. The number of benzene rings is 4. The van der Waals surface area contributed by atoms with Gasteiger partial charge in [0.15, 0.2) is 0 Å². The first-order chi connectivity index (χ1) is 18.8. The third kappa shape index (κ3) is 7.51. The Balaban J connectivity index is 1.25. The third-order valence-corrected chi connectivity index (χ3v) is 5.99. The van der Waals surface area contributed by atoms with Gasteiger partial charge in [-0.05, 0) is 70.8 Å². The average Bonchev–Trinajstić information content (AvgIpc) is 2.96. The molecular formula is C32H32O6. The summed E-state index contributed by atoms with van der Waals surface area (Å²) in [5, 5.41) is 0. The summed E-state index contributed by atoms with van der Waals surface area (Å²) in [5.41, 5.74) is 4.23. The summed E-state index contributed by atoms with van der Waals surface area (Å²) in [7, 11) is 0. The summed E-state index contributed by atoms with van der Waals surface area (Å²) in [5.74, 6) is 3.19. The van der Waals surface area contributed by atoms with E-state index in [1.807, 2.05) is 72.8 Å². The molecule has 1 aliphatic heterocycles. The van der Waals surface area contributed by atoms with Crippen LogP contribution in [-0.4, -0.2) is 52.9 Å². The van der Waals surface area contributed by atoms with E-state index >= 15 is 0 Å². The fraction of sp³-hybridized carbons (Fsp3) is 0.250. The lowest BCUT2D eigenvalue weighted by molar-refractivity contribution is 0.0764. The van der Waals surface area contributed by atoms with Crippen LogP contribution in [0, 0.1) is 0 Å². The van der Waals surface area contributed by atoms with Gasteiger partial charge in [-0.2, -0.15) is 0 Å². The zero-order valence-corrected chi connectivity index (χ0v) is 21.3. The monoisotopic (exact) mass is 512 g/mol. The van der Waals surface area contributed by atoms with E-state index in [9.17, 15) is 0 Å². The summed E-state index contributed by atoms with van der Waals surface area (Å²) >= 11 is 0. The number of ether oxygens (including phenoxy) is 6. The summed E-state index contributed by atoms with van der Waals surface area (Å²) in [6.07, 6.45) is 0. The minimum Gasteiger partial charge on any atom is -0.491 e. The lowest BCUT2D eigenvalue weighted by Crippen LogP contribution is -2.12. The normalized spacial score (nSPS) is 15.2. The molecule has 0 aromatic heterocycles. The van der Waals surface area contributed by atoms with Crippen molar-refractivity contribution in [1.29, 1.82) is 0 Å². The Bertz CT molecular complexity index is 1100. The van der Waals surface area contributed by atoms with Gasteiger partial charge in [-0.15, -0.1) is 0 Å². The molecule has 1 heterocycles. The molecule has 0 atom stereocenters. The van der Waals surface area contributed by atoms with Crippen LogP contribution in [0.2, 0.25) is 0 Å². The molecule has 0 aliphatic carbocycles. The molecule has 0 radical (unpaired) electrons. The van der Waals surface area contributed by atoms with E-state index in [4.69, 9.17) is 28.4 Å². The van der Waals surface area contributed by atoms with E-state index < -0.39 is 0 Å². The van der Waals surface area contributed by atoms with Crippen molar-refractivity contribution in [2.45, 2.75) is 0 Å². The molecular weight excluding hydrogens is 480 g/mol. The highest BCUT2D eigenvalue weighted by Gasteiger charge is 2.05. The quantitative estimate of drug-likeness (QED) is 0.276. The van der Waals surface area contributed by atoms with Gasteiger partial charge in [-0.1, -0.05) is 48.5 Å². The van der Waals surface area contributed by atoms with Crippen molar-refractivity contribution in [2.24, 2.45) is 0 Å². The Morgan fingerprint density at radius 1 is 0.316 bits per heavy atom. The average molecular weight is 513 g/mol. The van der Waals surface area contributed by atoms with Gasteiger partial charge in [0.2, 0.25) is 0 Å². The van der Waals surface area contributed by atoms with Crippen molar-refractivity contribution in [1.82, 2.24) is 0 Å². The fourth-order valence-electron chi connectivity index (χ4n) is 4.14. The van der Waals surface area contributed by atoms with Crippen molar-refractivity contribution in [3.63, 3.8) is 0 Å². The second kappa shape index (κ2) is 13.5. The molecule has 6 heteroatoms. The molecule has 0 saturated carbocycles. The van der Waals surface area contributed by atoms with Crippen molar-refractivity contribution in [3.8, 4) is 45.3 Å². The van der Waals surface area contributed by atoms with E-state index in [0.29, 0.717) is 52.9 Å². The van der Waals surface area contributed by atoms with E-state index in [0.717, 1.165) is 45.3 Å². The van der Waals surface area contributed by atoms with Crippen LogP contribution in [0.1, 0.15) is 0 Å². The van der Waals surface area contributed by atoms with Gasteiger partial charge in [-0.3, -0.25) is 0 Å². The number of fused-ring (bicyclic) bond motifs is 10. The smallest absolute Gasteiger partial charge is 0.120 e. The molecule has 38 heavy (non-hydrogen) atoms. The molecule has 0 amide bonds. The third-order valence-electron chi connectivity index (χ3n) is 5.99. The Kier molecular flexibility index (Phi) is 9.12. The van der Waals surface area contributed by atoms with Crippen LogP contribution in [0.4, 0.5) is 0 Å². The summed E-state index contributed by atoms with van der Waals surface area (Å²) in [4.78, 5) is 0. The molecule has 0 unspecified atom stereocenters. The van der Waals surface area contributed by atoms with Crippen LogP contribution in [-0.2, 0) is 9.47 Å². The first-order valence-electron chi connectivity index (χ1n) is 12.9. The first-order valence-corrected chi connectivity index (χ1v) is 12.9. The highest BCUT2D eigenvalue weighted by Crippen LogP contribution is 2.28. The zero-order valence-electron chi connectivity index (χ0n) is 21.3. The Morgan fingerprint density at radius 2 is 0.579 bits per heavy atom. The number of hydrogen-bond acceptors (Lipinski definition) is 6. The van der Waals surface area contributed by atoms with Crippen molar-refractivity contribution >= 4 is 0 Å². The van der Waals surface area contributed by atoms with Crippen molar-refractivity contribution < 1.29 is 28.4 Å². The Labute approximate surface area is 223 Å². The summed E-state index contributed by atoms with van der Waals surface area (Å²) < 4.78 is 35.1. The maximum absolute atomic E-state index is 5.91. The van der Waals surface area contributed by atoms with Crippen LogP contribution < -0.4 is 18.9 Å². The first kappa shape index (κ1) is 25.6. The van der Waals surface area contributed by atoms with Gasteiger partial charge < -0.3 is 28.4 Å². The van der Waals surface area contributed by atoms with Crippen LogP contribution in [0.5, 0.6) is 23.0 Å². The van der Waals surface area contributed by atoms with Crippen molar-refractivity contribution in [3.05, 3.63) is 97.1 Å². The van der Waals surface area contributed by atoms with E-state index in [1.54, 1.807) is 0 Å². The molecule has 196 valence electrons. The minimum absolute atomic E-state index is 0.459. The van der Waals surface area contributed by atoms with Crippen LogP contribution in [0.15, 0.2) is 97.1 Å². The van der Waals surface area contributed by atoms with E-state index in [2.05, 4.69) is 24.3 Å². The lowest BCUT2D eigenvalue weighted by Gasteiger charge is -2.12. The predicted octanol–water partition coefficient (Wildman–Crippen LogP) is 6.28. The molecule has 0 fully saturated rings. The standard InChI is InChI=1S/C32H32O6/c1-5-25-21-29(9-1)35-17-13-33-14-19-37-31-11-3-7-27(23-31)28-8-4-12-32(24-28)38-20-16-34-15-18-36-30-10-2-6-26(25)22-30/h1-12,21-24H,13-20H2. The minimum atomic E-state index is 0.459. The van der Waals surface area contributed by atoms with Gasteiger partial charge >= 0.3 is 0 Å². The maximum Gasteiger partial charge on any atom is 0.120 e. The van der Waals surface area contributed by atoms with E-state index in [1.165, 1.54) is 0 Å². The van der Waals surface area contributed by atoms with Gasteiger partial charge in [0.1, 0.15) is 49.4 Å². The fourth-order valence-corrected chi connectivity index (χ4v) is 4.14. The van der Waals surface area contributed by atoms with E-state index in [-0.39, 0.29) is 0 Å². The Hall–Kier alpha value is -4.00. The Morgan fingerprint density at radius 3 is 0.842 bits per heavy atom. The van der Waals surface area contributed by atoms with Crippen LogP contribution >= 0.6 is 0 Å². The molecule has 1 aliphatic rings. The van der Waals surface area contributed by atoms with Crippen LogP contribution in [0.3, 0.4) is 0 Å². The molecule has 8 bridgehead atoms. The molecule has 4 aromatic carbocycles. The highest BCUT2D eigenvalue weighted by molar-refractivity contribution is 5.67. The predicted molar refractivity (Wildman–Crippen MR) is 147 cm³/mol. The SMILES string of the molecule is c1cc2cc(c1)-c1cccc(c1)OCCOCCOc1cccc(c1)-c1cccc(c1)OCCOCCO2. The van der Waals surface area contributed by atoms with Gasteiger partial charge in [0, 0.05) is 0 Å². The zero-order chi connectivity index (χ0) is 25.8. The second-order valence-electron chi connectivity index (χ2n) is 8.73. The lowest BCUT2D eigenvalue weighted by atomic mass is 10.1. The maximum atomic E-state index is 5.91. The molecule has 5 rings (SSSR count). The largest absolute Gasteiger partial charge is 0.491 e. The molecule has 0 N–H and O–H groups in total. The van der Waals surface area contributed by atoms with Crippen molar-refractivity contribution in [2.75, 3.05) is 52.9 Å². The number of rotatable bonds is 0. The van der Waals surface area contributed by atoms with Gasteiger partial charge in [0.05, 0.1) is 26.4 Å². The second-order valence-corrected chi connectivity index (χ2v) is 8.73. The highest BCUT2D eigenvalue weighted by atomic mass is 16.5. The topological polar surface area (TPSA) is 55.4 Å². The van der Waals surface area contributed by atoms with Crippen LogP contribution in [0.25, 0.3) is 22.3 Å². The summed E-state index contributed by atoms with van der Waals surface area (Å²) in [6.45, 7) is 3.75. The summed E-state index contributed by atoms with van der Waals surface area (Å²) in [6, 6.07) is 32.1.